The van der Waals surface area contributed by atoms with E-state index in [0.29, 0.717) is 16.4 Å². The van der Waals surface area contributed by atoms with Gasteiger partial charge in [0.05, 0.1) is 12.8 Å². The lowest BCUT2D eigenvalue weighted by atomic mass is 10.2. The lowest BCUT2D eigenvalue weighted by Gasteiger charge is -2.03. The Hall–Kier alpha value is -2.73. The molecule has 0 saturated heterocycles. The molecule has 5 nitrogen and oxygen atoms in total. The van der Waals surface area contributed by atoms with Gasteiger partial charge >= 0.3 is 0 Å². The van der Waals surface area contributed by atoms with Crippen molar-refractivity contribution in [1.82, 2.24) is 9.97 Å². The quantitative estimate of drug-likeness (QED) is 0.801. The van der Waals surface area contributed by atoms with E-state index in [1.165, 1.54) is 11.3 Å². The van der Waals surface area contributed by atoms with Crippen LogP contribution in [0.25, 0.3) is 11.3 Å². The van der Waals surface area contributed by atoms with Crippen molar-refractivity contribution in [1.29, 1.82) is 0 Å². The zero-order valence-electron chi connectivity index (χ0n) is 11.8. The summed E-state index contributed by atoms with van der Waals surface area (Å²) in [6.07, 6.45) is 3.45. The first-order valence-corrected chi connectivity index (χ1v) is 7.45. The summed E-state index contributed by atoms with van der Waals surface area (Å²) >= 11 is 1.38. The molecule has 6 heteroatoms. The molecule has 0 fully saturated rings. The Labute approximate surface area is 131 Å². The topological polar surface area (TPSA) is 64.1 Å². The number of rotatable bonds is 4. The molecule has 110 valence electrons. The van der Waals surface area contributed by atoms with Gasteiger partial charge in [-0.2, -0.15) is 0 Å². The van der Waals surface area contributed by atoms with E-state index < -0.39 is 0 Å². The molecule has 0 radical (unpaired) electrons. The van der Waals surface area contributed by atoms with Gasteiger partial charge in [-0.25, -0.2) is 4.98 Å². The SMILES string of the molecule is COc1ccc(C(=O)Nc2nc(-c3cccnc3)cs2)cc1. The van der Waals surface area contributed by atoms with Crippen LogP contribution in [0.3, 0.4) is 0 Å². The molecule has 2 aromatic heterocycles. The van der Waals surface area contributed by atoms with Crippen LogP contribution in [0, 0.1) is 0 Å². The molecule has 2 heterocycles. The number of ether oxygens (including phenoxy) is 1. The van der Waals surface area contributed by atoms with Gasteiger partial charge in [-0.05, 0) is 36.4 Å². The number of aromatic nitrogens is 2. The van der Waals surface area contributed by atoms with Gasteiger partial charge in [0.1, 0.15) is 5.75 Å². The van der Waals surface area contributed by atoms with E-state index in [4.69, 9.17) is 4.74 Å². The molecule has 3 rings (SSSR count). The molecular weight excluding hydrogens is 298 g/mol. The molecule has 0 aliphatic heterocycles. The lowest BCUT2D eigenvalue weighted by molar-refractivity contribution is 0.102. The van der Waals surface area contributed by atoms with E-state index in [0.717, 1.165) is 11.3 Å². The van der Waals surface area contributed by atoms with Crippen LogP contribution in [0.4, 0.5) is 5.13 Å². The molecular formula is C16H13N3O2S. The molecule has 1 amide bonds. The number of hydrogen-bond acceptors (Lipinski definition) is 5. The van der Waals surface area contributed by atoms with Crippen LogP contribution in [0.5, 0.6) is 5.75 Å². The molecule has 0 saturated carbocycles. The Morgan fingerprint density at radius 2 is 2.05 bits per heavy atom. The van der Waals surface area contributed by atoms with Crippen LogP contribution in [0.2, 0.25) is 0 Å². The second kappa shape index (κ2) is 6.36. The van der Waals surface area contributed by atoms with Gasteiger partial charge in [0.15, 0.2) is 5.13 Å². The highest BCUT2D eigenvalue weighted by molar-refractivity contribution is 7.14. The van der Waals surface area contributed by atoms with Gasteiger partial charge in [0, 0.05) is 28.9 Å². The van der Waals surface area contributed by atoms with Crippen molar-refractivity contribution in [2.24, 2.45) is 0 Å². The summed E-state index contributed by atoms with van der Waals surface area (Å²) in [4.78, 5) is 20.6. The van der Waals surface area contributed by atoms with Crippen molar-refractivity contribution < 1.29 is 9.53 Å². The van der Waals surface area contributed by atoms with Gasteiger partial charge in [-0.15, -0.1) is 11.3 Å². The minimum Gasteiger partial charge on any atom is -0.497 e. The number of nitrogens with one attached hydrogen (secondary N) is 1. The number of thiazole rings is 1. The summed E-state index contributed by atoms with van der Waals surface area (Å²) in [5.74, 6) is 0.513. The zero-order valence-corrected chi connectivity index (χ0v) is 12.6. The molecule has 0 spiro atoms. The predicted molar refractivity (Wildman–Crippen MR) is 86.3 cm³/mol. The molecule has 0 aliphatic carbocycles. The summed E-state index contributed by atoms with van der Waals surface area (Å²) in [6, 6.07) is 10.7. The smallest absolute Gasteiger partial charge is 0.257 e. The van der Waals surface area contributed by atoms with Crippen LogP contribution in [0.1, 0.15) is 10.4 Å². The standard InChI is InChI=1S/C16H13N3O2S/c1-21-13-6-4-11(5-7-13)15(20)19-16-18-14(10-22-16)12-3-2-8-17-9-12/h2-10H,1H3,(H,18,19,20). The van der Waals surface area contributed by atoms with Crippen molar-refractivity contribution >= 4 is 22.4 Å². The van der Waals surface area contributed by atoms with E-state index in [1.54, 1.807) is 43.8 Å². The Balaban J connectivity index is 1.73. The van der Waals surface area contributed by atoms with Crippen LogP contribution in [-0.4, -0.2) is 23.0 Å². The number of methoxy groups -OCH3 is 1. The van der Waals surface area contributed by atoms with Crippen LogP contribution in [-0.2, 0) is 0 Å². The molecule has 0 aliphatic rings. The molecule has 0 atom stereocenters. The van der Waals surface area contributed by atoms with Gasteiger partial charge in [-0.3, -0.25) is 15.1 Å². The van der Waals surface area contributed by atoms with Crippen molar-refractivity contribution in [2.75, 3.05) is 12.4 Å². The Bertz CT molecular complexity index is 770. The number of nitrogens with zero attached hydrogens (tertiary/aromatic N) is 2. The predicted octanol–water partition coefficient (Wildman–Crippen LogP) is 3.47. The van der Waals surface area contributed by atoms with E-state index in [9.17, 15) is 4.79 Å². The number of carbonyl (C=O) groups excluding carboxylic acids is 1. The number of hydrogen-bond donors (Lipinski definition) is 1. The van der Waals surface area contributed by atoms with Gasteiger partial charge < -0.3 is 4.74 Å². The highest BCUT2D eigenvalue weighted by Gasteiger charge is 2.10. The fourth-order valence-electron chi connectivity index (χ4n) is 1.89. The Morgan fingerprint density at radius 3 is 2.73 bits per heavy atom. The monoisotopic (exact) mass is 311 g/mol. The van der Waals surface area contributed by atoms with Crippen molar-refractivity contribution in [2.45, 2.75) is 0 Å². The summed E-state index contributed by atoms with van der Waals surface area (Å²) in [6.45, 7) is 0. The Morgan fingerprint density at radius 1 is 1.23 bits per heavy atom. The fraction of sp³-hybridized carbons (Fsp3) is 0.0625. The first-order valence-electron chi connectivity index (χ1n) is 6.57. The normalized spacial score (nSPS) is 10.2. The number of benzene rings is 1. The molecule has 1 aromatic carbocycles. The third-order valence-corrected chi connectivity index (χ3v) is 3.79. The summed E-state index contributed by atoms with van der Waals surface area (Å²) in [7, 11) is 1.59. The largest absolute Gasteiger partial charge is 0.497 e. The van der Waals surface area contributed by atoms with Crippen LogP contribution in [0.15, 0.2) is 54.2 Å². The highest BCUT2D eigenvalue weighted by atomic mass is 32.1. The number of anilines is 1. The van der Waals surface area contributed by atoms with Crippen molar-refractivity contribution in [3.05, 3.63) is 59.7 Å². The van der Waals surface area contributed by atoms with Gasteiger partial charge in [0.25, 0.3) is 5.91 Å². The number of carbonyl (C=O) groups is 1. The summed E-state index contributed by atoms with van der Waals surface area (Å²) in [5, 5.41) is 5.24. The van der Waals surface area contributed by atoms with Crippen LogP contribution < -0.4 is 10.1 Å². The second-order valence-corrected chi connectivity index (χ2v) is 5.32. The average molecular weight is 311 g/mol. The third kappa shape index (κ3) is 3.12. The first-order chi connectivity index (χ1) is 10.8. The minimum absolute atomic E-state index is 0.199. The zero-order chi connectivity index (χ0) is 15.4. The maximum absolute atomic E-state index is 12.2. The highest BCUT2D eigenvalue weighted by Crippen LogP contribution is 2.24. The molecule has 0 bridgehead atoms. The summed E-state index contributed by atoms with van der Waals surface area (Å²) in [5.41, 5.74) is 2.27. The molecule has 3 aromatic rings. The minimum atomic E-state index is -0.199. The van der Waals surface area contributed by atoms with E-state index in [2.05, 4.69) is 15.3 Å². The number of amides is 1. The molecule has 22 heavy (non-hydrogen) atoms. The van der Waals surface area contributed by atoms with E-state index >= 15 is 0 Å². The summed E-state index contributed by atoms with van der Waals surface area (Å²) < 4.78 is 5.07. The van der Waals surface area contributed by atoms with E-state index in [-0.39, 0.29) is 5.91 Å². The lowest BCUT2D eigenvalue weighted by Crippen LogP contribution is -2.11. The number of pyridine rings is 1. The molecule has 1 N–H and O–H groups in total. The average Bonchev–Trinajstić information content (AvgIpc) is 3.04. The fourth-order valence-corrected chi connectivity index (χ4v) is 2.60. The van der Waals surface area contributed by atoms with E-state index in [1.807, 2.05) is 17.5 Å². The van der Waals surface area contributed by atoms with Crippen molar-refractivity contribution in [3.63, 3.8) is 0 Å². The Kier molecular flexibility index (Phi) is 4.11. The third-order valence-electron chi connectivity index (χ3n) is 3.03. The molecule has 0 unspecified atom stereocenters. The van der Waals surface area contributed by atoms with Gasteiger partial charge in [-0.1, -0.05) is 0 Å². The second-order valence-electron chi connectivity index (χ2n) is 4.46. The van der Waals surface area contributed by atoms with Crippen LogP contribution >= 0.6 is 11.3 Å². The first kappa shape index (κ1) is 14.2. The maximum atomic E-state index is 12.2. The van der Waals surface area contributed by atoms with Gasteiger partial charge in [0.2, 0.25) is 0 Å². The maximum Gasteiger partial charge on any atom is 0.257 e. The van der Waals surface area contributed by atoms with Crippen molar-refractivity contribution in [3.8, 4) is 17.0 Å².